The van der Waals surface area contributed by atoms with Crippen molar-refractivity contribution in [3.8, 4) is 0 Å². The van der Waals surface area contributed by atoms with Crippen LogP contribution < -0.4 is 0 Å². The van der Waals surface area contributed by atoms with Gasteiger partial charge in [-0.15, -0.1) is 0 Å². The van der Waals surface area contributed by atoms with Gasteiger partial charge in [-0.2, -0.15) is 0 Å². The molecule has 0 aliphatic heterocycles. The standard InChI is InChI=1S/C77H130O17P2/c1-5-9-13-17-21-25-29-32-33-34-35-36-37-40-43-46-50-54-58-62-75(80)88-68-73(94-77(82)64-60-56-52-48-44-39-31-27-23-19-15-11-7-3)70-92-96(85,86)90-66-71(78)65-89-95(83,84)91-69-72(93-76(81)63-59-55-51-47-41-28-24-20-16-12-8-4)67-87-74(79)61-57-53-49-45-42-38-30-26-22-18-14-10-6-2/h9,13-15,18-19,21,25-27,30-33,35-36,40,43,50,54,71-73,78H,5-8,10-12,16-17,20,22-24,28-29,34,37-39,41-42,44-49,51-53,55-70H2,1-4H3,(H,83,84)(H,85,86)/b13-9-,18-14-,19-15-,25-21-,30-26-,31-27-,33-32-,36-35-,43-40-,54-50-. The summed E-state index contributed by atoms with van der Waals surface area (Å²) >= 11 is 0. The number of unbranched alkanes of at least 4 members (excludes halogenated alkanes) is 22. The number of ether oxygens (including phenoxy) is 4. The Morgan fingerprint density at radius 2 is 0.583 bits per heavy atom. The van der Waals surface area contributed by atoms with E-state index in [1.165, 1.54) is 38.5 Å². The summed E-state index contributed by atoms with van der Waals surface area (Å²) in [6.07, 6.45) is 73.6. The van der Waals surface area contributed by atoms with Gasteiger partial charge in [-0.05, 0) is 116 Å². The highest BCUT2D eigenvalue weighted by Gasteiger charge is 2.30. The Kier molecular flexibility index (Phi) is 65.7. The van der Waals surface area contributed by atoms with Crippen LogP contribution in [0.1, 0.15) is 285 Å². The Morgan fingerprint density at radius 1 is 0.302 bits per heavy atom. The Balaban J connectivity index is 5.39. The van der Waals surface area contributed by atoms with Crippen molar-refractivity contribution in [3.63, 3.8) is 0 Å². The van der Waals surface area contributed by atoms with Crippen LogP contribution in [0.15, 0.2) is 122 Å². The molecule has 0 aromatic heterocycles. The summed E-state index contributed by atoms with van der Waals surface area (Å²) in [6, 6.07) is 0. The van der Waals surface area contributed by atoms with Crippen LogP contribution in [0.3, 0.4) is 0 Å². The maximum absolute atomic E-state index is 13.0. The molecule has 0 saturated carbocycles. The van der Waals surface area contributed by atoms with Gasteiger partial charge in [0.25, 0.3) is 0 Å². The number of aliphatic hydroxyl groups excluding tert-OH is 1. The number of aliphatic hydroxyl groups is 1. The van der Waals surface area contributed by atoms with Gasteiger partial charge in [-0.25, -0.2) is 9.13 Å². The highest BCUT2D eigenvalue weighted by Crippen LogP contribution is 2.45. The molecule has 3 N–H and O–H groups in total. The third kappa shape index (κ3) is 68.0. The van der Waals surface area contributed by atoms with Crippen LogP contribution in [0.25, 0.3) is 0 Å². The highest BCUT2D eigenvalue weighted by molar-refractivity contribution is 7.47. The Hall–Kier alpha value is -4.54. The lowest BCUT2D eigenvalue weighted by Gasteiger charge is -2.21. The summed E-state index contributed by atoms with van der Waals surface area (Å²) in [7, 11) is -9.97. The number of carbonyl (C=O) groups is 4. The molecule has 0 bridgehead atoms. The fourth-order valence-corrected chi connectivity index (χ4v) is 10.9. The van der Waals surface area contributed by atoms with Gasteiger partial charge in [0.2, 0.25) is 0 Å². The number of rotatable bonds is 68. The normalized spacial score (nSPS) is 14.7. The molecular formula is C77H130O17P2. The number of phosphoric acid groups is 2. The zero-order valence-electron chi connectivity index (χ0n) is 59.8. The maximum Gasteiger partial charge on any atom is 0.472 e. The third-order valence-electron chi connectivity index (χ3n) is 14.9. The summed E-state index contributed by atoms with van der Waals surface area (Å²) in [4.78, 5) is 72.6. The number of phosphoric ester groups is 2. The predicted molar refractivity (Wildman–Crippen MR) is 390 cm³/mol. The fraction of sp³-hybridized carbons (Fsp3) is 0.688. The van der Waals surface area contributed by atoms with Crippen LogP contribution in [0, 0.1) is 0 Å². The monoisotopic (exact) mass is 1390 g/mol. The predicted octanol–water partition coefficient (Wildman–Crippen LogP) is 20.8. The smallest absolute Gasteiger partial charge is 0.462 e. The van der Waals surface area contributed by atoms with Crippen molar-refractivity contribution in [1.82, 2.24) is 0 Å². The molecule has 0 aromatic rings. The van der Waals surface area contributed by atoms with E-state index in [-0.39, 0.29) is 25.7 Å². The molecule has 0 saturated heterocycles. The Labute approximate surface area is 581 Å². The number of allylic oxidation sites excluding steroid dienone is 20. The van der Waals surface area contributed by atoms with Crippen LogP contribution in [-0.4, -0.2) is 96.7 Å². The van der Waals surface area contributed by atoms with Crippen LogP contribution in [-0.2, 0) is 65.4 Å². The summed E-state index contributed by atoms with van der Waals surface area (Å²) in [5.41, 5.74) is 0. The minimum absolute atomic E-state index is 0.0309. The first-order valence-electron chi connectivity index (χ1n) is 36.8. The van der Waals surface area contributed by atoms with E-state index in [0.717, 1.165) is 161 Å². The van der Waals surface area contributed by atoms with E-state index in [1.54, 1.807) is 0 Å². The zero-order valence-corrected chi connectivity index (χ0v) is 61.5. The molecule has 0 fully saturated rings. The zero-order chi connectivity index (χ0) is 70.4. The minimum Gasteiger partial charge on any atom is -0.462 e. The number of esters is 4. The average Bonchev–Trinajstić information content (AvgIpc) is 1.17. The lowest BCUT2D eigenvalue weighted by Crippen LogP contribution is -2.30. The van der Waals surface area contributed by atoms with Gasteiger partial charge < -0.3 is 33.8 Å². The second-order valence-corrected chi connectivity index (χ2v) is 27.1. The number of hydrogen-bond acceptors (Lipinski definition) is 15. The quantitative estimate of drug-likeness (QED) is 0.0169. The molecule has 0 aromatic carbocycles. The molecule has 0 rings (SSSR count). The first kappa shape index (κ1) is 91.5. The van der Waals surface area contributed by atoms with Crippen LogP contribution >= 0.6 is 15.6 Å². The molecule has 96 heavy (non-hydrogen) atoms. The van der Waals surface area contributed by atoms with Gasteiger partial charge in [0.1, 0.15) is 19.3 Å². The van der Waals surface area contributed by atoms with E-state index < -0.39 is 97.5 Å². The molecule has 0 spiro atoms. The van der Waals surface area contributed by atoms with Crippen LogP contribution in [0.4, 0.5) is 0 Å². The van der Waals surface area contributed by atoms with Crippen molar-refractivity contribution in [2.24, 2.45) is 0 Å². The second kappa shape index (κ2) is 69.0. The second-order valence-electron chi connectivity index (χ2n) is 24.2. The van der Waals surface area contributed by atoms with E-state index in [4.69, 9.17) is 37.0 Å². The Morgan fingerprint density at radius 3 is 0.938 bits per heavy atom. The molecule has 0 amide bonds. The molecule has 0 aliphatic rings. The van der Waals surface area contributed by atoms with Crippen LogP contribution in [0.2, 0.25) is 0 Å². The molecule has 17 nitrogen and oxygen atoms in total. The summed E-state index contributed by atoms with van der Waals surface area (Å²) in [5.74, 6) is -2.30. The van der Waals surface area contributed by atoms with E-state index in [0.29, 0.717) is 32.1 Å². The molecule has 550 valence electrons. The van der Waals surface area contributed by atoms with Crippen LogP contribution in [0.5, 0.6) is 0 Å². The van der Waals surface area contributed by atoms with Crippen molar-refractivity contribution < 1.29 is 80.2 Å². The third-order valence-corrected chi connectivity index (χ3v) is 16.8. The fourth-order valence-electron chi connectivity index (χ4n) is 9.32. The molecule has 0 radical (unpaired) electrons. The lowest BCUT2D eigenvalue weighted by molar-refractivity contribution is -0.161. The number of carbonyl (C=O) groups excluding carboxylic acids is 4. The van der Waals surface area contributed by atoms with Gasteiger partial charge in [-0.1, -0.05) is 265 Å². The highest BCUT2D eigenvalue weighted by atomic mass is 31.2. The maximum atomic E-state index is 13.0. The van der Waals surface area contributed by atoms with Gasteiger partial charge in [0.15, 0.2) is 12.2 Å². The van der Waals surface area contributed by atoms with E-state index in [2.05, 4.69) is 131 Å². The van der Waals surface area contributed by atoms with Crippen molar-refractivity contribution in [3.05, 3.63) is 122 Å². The van der Waals surface area contributed by atoms with Crippen molar-refractivity contribution in [2.45, 2.75) is 303 Å². The lowest BCUT2D eigenvalue weighted by atomic mass is 10.1. The molecule has 0 heterocycles. The van der Waals surface area contributed by atoms with Gasteiger partial charge in [-0.3, -0.25) is 37.3 Å². The SMILES string of the molecule is CC/C=C\C/C=C\C/C=C\C/C=C\C/C=C\C/C=C\CCC(=O)OCC(COP(=O)(O)OCC(O)COP(=O)(O)OCC(COC(=O)CCCCCCC/C=C\C/C=C\CCC)OC(=O)CCCCCCCCCCCCC)OC(=O)CCCCCCC/C=C\C/C=C\CCC. The summed E-state index contributed by atoms with van der Waals surface area (Å²) in [6.45, 7) is 4.49. The summed E-state index contributed by atoms with van der Waals surface area (Å²) in [5, 5.41) is 10.6. The van der Waals surface area contributed by atoms with E-state index in [1.807, 2.05) is 18.2 Å². The van der Waals surface area contributed by atoms with Crippen molar-refractivity contribution in [1.29, 1.82) is 0 Å². The first-order chi connectivity index (χ1) is 46.7. The Bertz CT molecular complexity index is 2300. The molecule has 5 atom stereocenters. The van der Waals surface area contributed by atoms with Crippen molar-refractivity contribution >= 4 is 39.5 Å². The van der Waals surface area contributed by atoms with Gasteiger partial charge >= 0.3 is 39.5 Å². The molecule has 19 heteroatoms. The largest absolute Gasteiger partial charge is 0.472 e. The van der Waals surface area contributed by atoms with E-state index in [9.17, 15) is 43.2 Å². The van der Waals surface area contributed by atoms with Gasteiger partial charge in [0, 0.05) is 25.7 Å². The van der Waals surface area contributed by atoms with E-state index >= 15 is 0 Å². The summed E-state index contributed by atoms with van der Waals surface area (Å²) < 4.78 is 68.2. The topological polar surface area (TPSA) is 237 Å². The molecule has 0 aliphatic carbocycles. The van der Waals surface area contributed by atoms with Gasteiger partial charge in [0.05, 0.1) is 26.4 Å². The average molecular weight is 1390 g/mol. The molecule has 5 unspecified atom stereocenters. The first-order valence-corrected chi connectivity index (χ1v) is 39.8. The molecular weight excluding hydrogens is 1260 g/mol. The number of hydrogen-bond donors (Lipinski definition) is 3. The van der Waals surface area contributed by atoms with Crippen molar-refractivity contribution in [2.75, 3.05) is 39.6 Å². The minimum atomic E-state index is -4.99.